The second-order valence-corrected chi connectivity index (χ2v) is 5.58. The molecular weight excluding hydrogens is 234 g/mol. The zero-order valence-corrected chi connectivity index (χ0v) is 12.9. The van der Waals surface area contributed by atoms with Crippen LogP contribution in [0.1, 0.15) is 46.1 Å². The lowest BCUT2D eigenvalue weighted by atomic mass is 10.1. The molecule has 0 amide bonds. The van der Waals surface area contributed by atoms with Crippen LogP contribution in [0.2, 0.25) is 0 Å². The van der Waals surface area contributed by atoms with Crippen LogP contribution in [0.15, 0.2) is 24.3 Å². The monoisotopic (exact) mass is 263 g/mol. The van der Waals surface area contributed by atoms with E-state index >= 15 is 0 Å². The third kappa shape index (κ3) is 6.63. The molecule has 19 heavy (non-hydrogen) atoms. The Morgan fingerprint density at radius 3 is 2.58 bits per heavy atom. The molecule has 0 spiro atoms. The highest BCUT2D eigenvalue weighted by Crippen LogP contribution is 2.16. The van der Waals surface area contributed by atoms with Gasteiger partial charge in [0.15, 0.2) is 0 Å². The number of ether oxygens (including phenoxy) is 1. The molecule has 0 aliphatic rings. The number of hydrogen-bond donors (Lipinski definition) is 1. The fourth-order valence-corrected chi connectivity index (χ4v) is 2.09. The van der Waals surface area contributed by atoms with Gasteiger partial charge in [0.2, 0.25) is 0 Å². The molecule has 108 valence electrons. The summed E-state index contributed by atoms with van der Waals surface area (Å²) in [6.45, 7) is 10.8. The summed E-state index contributed by atoms with van der Waals surface area (Å²) < 4.78 is 6.12. The summed E-state index contributed by atoms with van der Waals surface area (Å²) in [5, 5.41) is 3.49. The molecule has 1 atom stereocenters. The highest BCUT2D eigenvalue weighted by molar-refractivity contribution is 5.28. The van der Waals surface area contributed by atoms with Gasteiger partial charge in [0.25, 0.3) is 0 Å². The summed E-state index contributed by atoms with van der Waals surface area (Å²) in [5.41, 5.74) is 1.34. The first-order valence-electron chi connectivity index (χ1n) is 7.62. The van der Waals surface area contributed by atoms with Crippen molar-refractivity contribution in [2.24, 2.45) is 5.92 Å². The normalized spacial score (nSPS) is 12.7. The van der Waals surface area contributed by atoms with E-state index in [0.717, 1.165) is 38.1 Å². The Morgan fingerprint density at radius 2 is 1.95 bits per heavy atom. The molecule has 1 rings (SSSR count). The lowest BCUT2D eigenvalue weighted by Crippen LogP contribution is -2.33. The molecule has 2 nitrogen and oxygen atoms in total. The van der Waals surface area contributed by atoms with Gasteiger partial charge >= 0.3 is 0 Å². The predicted molar refractivity (Wildman–Crippen MR) is 82.9 cm³/mol. The summed E-state index contributed by atoms with van der Waals surface area (Å²) >= 11 is 0. The summed E-state index contributed by atoms with van der Waals surface area (Å²) in [7, 11) is 0. The second-order valence-electron chi connectivity index (χ2n) is 5.58. The van der Waals surface area contributed by atoms with Gasteiger partial charge in [-0.05, 0) is 43.0 Å². The van der Waals surface area contributed by atoms with Crippen molar-refractivity contribution >= 4 is 0 Å². The van der Waals surface area contributed by atoms with E-state index in [-0.39, 0.29) is 6.10 Å². The van der Waals surface area contributed by atoms with Crippen molar-refractivity contribution in [3.05, 3.63) is 29.8 Å². The van der Waals surface area contributed by atoms with Gasteiger partial charge in [-0.1, -0.05) is 46.2 Å². The van der Waals surface area contributed by atoms with Gasteiger partial charge in [-0.2, -0.15) is 0 Å². The van der Waals surface area contributed by atoms with Crippen molar-refractivity contribution < 1.29 is 4.74 Å². The molecule has 2 heteroatoms. The highest BCUT2D eigenvalue weighted by atomic mass is 16.5. The number of rotatable bonds is 9. The first-order valence-corrected chi connectivity index (χ1v) is 7.62. The topological polar surface area (TPSA) is 21.3 Å². The van der Waals surface area contributed by atoms with Crippen LogP contribution in [0.4, 0.5) is 0 Å². The molecule has 0 radical (unpaired) electrons. The van der Waals surface area contributed by atoms with Crippen LogP contribution >= 0.6 is 0 Å². The first kappa shape index (κ1) is 16.0. The third-order valence-electron chi connectivity index (χ3n) is 3.14. The van der Waals surface area contributed by atoms with Gasteiger partial charge in [-0.25, -0.2) is 0 Å². The van der Waals surface area contributed by atoms with Crippen LogP contribution in [0, 0.1) is 5.92 Å². The maximum absolute atomic E-state index is 6.12. The van der Waals surface area contributed by atoms with Crippen molar-refractivity contribution in [1.82, 2.24) is 5.32 Å². The van der Waals surface area contributed by atoms with Crippen LogP contribution in [-0.2, 0) is 6.42 Å². The van der Waals surface area contributed by atoms with Crippen LogP contribution in [-0.4, -0.2) is 19.2 Å². The van der Waals surface area contributed by atoms with Crippen molar-refractivity contribution in [3.8, 4) is 5.75 Å². The van der Waals surface area contributed by atoms with E-state index in [1.54, 1.807) is 0 Å². The maximum atomic E-state index is 6.12. The van der Waals surface area contributed by atoms with Gasteiger partial charge in [0.05, 0.1) is 0 Å². The summed E-state index contributed by atoms with van der Waals surface area (Å²) in [6, 6.07) is 8.45. The fourth-order valence-electron chi connectivity index (χ4n) is 2.09. The first-order chi connectivity index (χ1) is 9.15. The van der Waals surface area contributed by atoms with Gasteiger partial charge < -0.3 is 10.1 Å². The standard InChI is InChI=1S/C17H29NO/c1-5-8-17(13-18-12-14(3)4)19-16-10-7-9-15(6-2)11-16/h7,9-11,14,17-18H,5-6,8,12-13H2,1-4H3. The Kier molecular flexibility index (Phi) is 7.57. The Morgan fingerprint density at radius 1 is 1.16 bits per heavy atom. The smallest absolute Gasteiger partial charge is 0.120 e. The fraction of sp³-hybridized carbons (Fsp3) is 0.647. The maximum Gasteiger partial charge on any atom is 0.120 e. The average molecular weight is 263 g/mol. The molecular formula is C17H29NO. The predicted octanol–water partition coefficient (Wildman–Crippen LogP) is 4.04. The average Bonchev–Trinajstić information content (AvgIpc) is 2.38. The molecule has 0 fully saturated rings. The van der Waals surface area contributed by atoms with E-state index in [9.17, 15) is 0 Å². The Labute approximate surface area is 118 Å². The van der Waals surface area contributed by atoms with Gasteiger partial charge in [0.1, 0.15) is 11.9 Å². The molecule has 1 N–H and O–H groups in total. The summed E-state index contributed by atoms with van der Waals surface area (Å²) in [6.07, 6.45) is 3.58. The molecule has 0 bridgehead atoms. The number of benzene rings is 1. The van der Waals surface area contributed by atoms with E-state index in [1.807, 2.05) is 0 Å². The van der Waals surface area contributed by atoms with E-state index in [4.69, 9.17) is 4.74 Å². The van der Waals surface area contributed by atoms with Gasteiger partial charge in [-0.15, -0.1) is 0 Å². The molecule has 0 aliphatic carbocycles. The second kappa shape index (κ2) is 8.98. The zero-order chi connectivity index (χ0) is 14.1. The van der Waals surface area contributed by atoms with E-state index < -0.39 is 0 Å². The molecule has 1 aromatic rings. The Balaban J connectivity index is 2.51. The molecule has 0 saturated heterocycles. The Bertz CT molecular complexity index is 349. The molecule has 0 heterocycles. The van der Waals surface area contributed by atoms with E-state index in [2.05, 4.69) is 57.3 Å². The number of nitrogens with one attached hydrogen (secondary N) is 1. The minimum absolute atomic E-state index is 0.274. The number of aryl methyl sites for hydroxylation is 1. The Hall–Kier alpha value is -1.02. The van der Waals surface area contributed by atoms with Crippen molar-refractivity contribution in [1.29, 1.82) is 0 Å². The SMILES string of the molecule is CCCC(CNCC(C)C)Oc1cccc(CC)c1. The lowest BCUT2D eigenvalue weighted by Gasteiger charge is -2.20. The van der Waals surface area contributed by atoms with Gasteiger partial charge in [0, 0.05) is 6.54 Å². The van der Waals surface area contributed by atoms with Crippen LogP contribution < -0.4 is 10.1 Å². The molecule has 0 saturated carbocycles. The van der Waals surface area contributed by atoms with Crippen LogP contribution in [0.5, 0.6) is 5.75 Å². The van der Waals surface area contributed by atoms with Crippen molar-refractivity contribution in [3.63, 3.8) is 0 Å². The molecule has 1 unspecified atom stereocenters. The summed E-state index contributed by atoms with van der Waals surface area (Å²) in [4.78, 5) is 0. The van der Waals surface area contributed by atoms with Crippen molar-refractivity contribution in [2.45, 2.75) is 53.1 Å². The molecule has 0 aromatic heterocycles. The van der Waals surface area contributed by atoms with Crippen LogP contribution in [0.3, 0.4) is 0 Å². The van der Waals surface area contributed by atoms with E-state index in [1.165, 1.54) is 5.56 Å². The summed E-state index contributed by atoms with van der Waals surface area (Å²) in [5.74, 6) is 1.69. The highest BCUT2D eigenvalue weighted by Gasteiger charge is 2.09. The minimum atomic E-state index is 0.274. The van der Waals surface area contributed by atoms with E-state index in [0.29, 0.717) is 5.92 Å². The quantitative estimate of drug-likeness (QED) is 0.726. The minimum Gasteiger partial charge on any atom is -0.489 e. The largest absolute Gasteiger partial charge is 0.489 e. The van der Waals surface area contributed by atoms with Crippen molar-refractivity contribution in [2.75, 3.05) is 13.1 Å². The third-order valence-corrected chi connectivity index (χ3v) is 3.14. The molecule has 1 aromatic carbocycles. The van der Waals surface area contributed by atoms with Crippen LogP contribution in [0.25, 0.3) is 0 Å². The lowest BCUT2D eigenvalue weighted by molar-refractivity contribution is 0.185. The van der Waals surface area contributed by atoms with Gasteiger partial charge in [-0.3, -0.25) is 0 Å². The number of hydrogen-bond acceptors (Lipinski definition) is 2. The molecule has 0 aliphatic heterocycles. The zero-order valence-electron chi connectivity index (χ0n) is 12.9.